The maximum Gasteiger partial charge on any atom is 0.435 e. The molecule has 0 radical (unpaired) electrons. The molecule has 0 saturated heterocycles. The van der Waals surface area contributed by atoms with Crippen LogP contribution in [0, 0.1) is 5.92 Å². The molecule has 2 aliphatic carbocycles. The first-order valence-electron chi connectivity index (χ1n) is 4.54. The predicted octanol–water partition coefficient (Wildman–Crippen LogP) is 0.766. The summed E-state index contributed by atoms with van der Waals surface area (Å²) >= 11 is 0. The standard InChI is InChI=1S/C8H8F3N3O/c9-8(10,11)7-4-2-1-3(2)6(15)5(4)14(12)13-7/h2-3,6,15H,1,12H2/t2-,3?,6?/m1/s1. The van der Waals surface area contributed by atoms with Crippen LogP contribution in [0.1, 0.15) is 35.4 Å². The van der Waals surface area contributed by atoms with Crippen molar-refractivity contribution in [3.05, 3.63) is 17.0 Å². The summed E-state index contributed by atoms with van der Waals surface area (Å²) in [6.45, 7) is 0. The summed E-state index contributed by atoms with van der Waals surface area (Å²) in [7, 11) is 0. The Morgan fingerprint density at radius 2 is 2.13 bits per heavy atom. The van der Waals surface area contributed by atoms with E-state index < -0.39 is 18.0 Å². The first kappa shape index (κ1) is 9.02. The Labute approximate surface area is 82.5 Å². The zero-order chi connectivity index (χ0) is 11.0. The number of nitrogen functional groups attached to an aromatic ring is 1. The van der Waals surface area contributed by atoms with Crippen molar-refractivity contribution in [3.63, 3.8) is 0 Å². The number of hydrogen-bond acceptors (Lipinski definition) is 3. The summed E-state index contributed by atoms with van der Waals surface area (Å²) in [5, 5.41) is 12.9. The minimum Gasteiger partial charge on any atom is -0.386 e. The number of fused-ring (bicyclic) bond motifs is 3. The van der Waals surface area contributed by atoms with Crippen LogP contribution in [0.2, 0.25) is 0 Å². The molecule has 0 spiro atoms. The molecule has 1 heterocycles. The molecule has 3 rings (SSSR count). The van der Waals surface area contributed by atoms with E-state index in [2.05, 4.69) is 5.10 Å². The molecule has 1 fully saturated rings. The van der Waals surface area contributed by atoms with Crippen molar-refractivity contribution >= 4 is 0 Å². The maximum absolute atomic E-state index is 12.6. The molecule has 0 aliphatic heterocycles. The average Bonchev–Trinajstić information content (AvgIpc) is 2.73. The van der Waals surface area contributed by atoms with Crippen molar-refractivity contribution in [1.82, 2.24) is 9.89 Å². The Morgan fingerprint density at radius 3 is 2.73 bits per heavy atom. The second kappa shape index (κ2) is 2.29. The summed E-state index contributed by atoms with van der Waals surface area (Å²) in [4.78, 5) is 0.662. The Hall–Kier alpha value is -1.24. The summed E-state index contributed by atoms with van der Waals surface area (Å²) in [5.74, 6) is 5.01. The van der Waals surface area contributed by atoms with Crippen molar-refractivity contribution in [1.29, 1.82) is 0 Å². The number of aliphatic hydroxyl groups is 1. The lowest BCUT2D eigenvalue weighted by atomic mass is 10.1. The molecule has 4 nitrogen and oxygen atoms in total. The predicted molar refractivity (Wildman–Crippen MR) is 43.2 cm³/mol. The van der Waals surface area contributed by atoms with Crippen molar-refractivity contribution in [2.75, 3.05) is 5.84 Å². The van der Waals surface area contributed by atoms with Gasteiger partial charge in [-0.15, -0.1) is 5.10 Å². The average molecular weight is 219 g/mol. The number of rotatable bonds is 0. The van der Waals surface area contributed by atoms with Gasteiger partial charge in [-0.05, 0) is 18.3 Å². The lowest BCUT2D eigenvalue weighted by Gasteiger charge is -2.05. The van der Waals surface area contributed by atoms with Gasteiger partial charge in [0.25, 0.3) is 0 Å². The fraction of sp³-hybridized carbons (Fsp3) is 0.625. The van der Waals surface area contributed by atoms with Crippen LogP contribution in [-0.2, 0) is 6.18 Å². The molecule has 2 aliphatic rings. The first-order valence-corrected chi connectivity index (χ1v) is 4.54. The van der Waals surface area contributed by atoms with E-state index >= 15 is 0 Å². The fourth-order valence-corrected chi connectivity index (χ4v) is 2.43. The first-order chi connectivity index (χ1) is 6.91. The SMILES string of the molecule is Nn1nc(C(F)(F)F)c2c1C(O)C1C[C@@H]21. The van der Waals surface area contributed by atoms with Crippen LogP contribution in [-0.4, -0.2) is 15.0 Å². The van der Waals surface area contributed by atoms with E-state index in [1.165, 1.54) is 0 Å². The highest BCUT2D eigenvalue weighted by Crippen LogP contribution is 2.63. The van der Waals surface area contributed by atoms with Crippen LogP contribution in [0.4, 0.5) is 13.2 Å². The number of aromatic nitrogens is 2. The maximum atomic E-state index is 12.6. The van der Waals surface area contributed by atoms with Gasteiger partial charge in [-0.25, -0.2) is 0 Å². The Balaban J connectivity index is 2.20. The number of nitrogens with two attached hydrogens (primary N) is 1. The van der Waals surface area contributed by atoms with Gasteiger partial charge < -0.3 is 10.9 Å². The third-order valence-corrected chi connectivity index (χ3v) is 3.15. The van der Waals surface area contributed by atoms with Gasteiger partial charge in [-0.3, -0.25) is 0 Å². The zero-order valence-corrected chi connectivity index (χ0v) is 7.49. The van der Waals surface area contributed by atoms with Crippen molar-refractivity contribution < 1.29 is 18.3 Å². The molecule has 7 heteroatoms. The monoisotopic (exact) mass is 219 g/mol. The molecule has 3 atom stereocenters. The minimum absolute atomic E-state index is 0.0890. The van der Waals surface area contributed by atoms with Crippen LogP contribution in [0.15, 0.2) is 0 Å². The molecule has 3 N–H and O–H groups in total. The smallest absolute Gasteiger partial charge is 0.386 e. The van der Waals surface area contributed by atoms with E-state index in [9.17, 15) is 18.3 Å². The molecule has 1 saturated carbocycles. The third-order valence-electron chi connectivity index (χ3n) is 3.15. The third kappa shape index (κ3) is 0.983. The van der Waals surface area contributed by atoms with Crippen LogP contribution in [0.25, 0.3) is 0 Å². The molecule has 0 bridgehead atoms. The van der Waals surface area contributed by atoms with Gasteiger partial charge in [0.05, 0.1) is 5.69 Å². The number of aliphatic hydroxyl groups excluding tert-OH is 1. The number of nitrogens with zero attached hydrogens (tertiary/aromatic N) is 2. The minimum atomic E-state index is -4.49. The second-order valence-corrected chi connectivity index (χ2v) is 4.04. The fourth-order valence-electron chi connectivity index (χ4n) is 2.43. The van der Waals surface area contributed by atoms with Gasteiger partial charge in [-0.2, -0.15) is 18.0 Å². The van der Waals surface area contributed by atoms with E-state index in [1.807, 2.05) is 0 Å². The highest BCUT2D eigenvalue weighted by Gasteiger charge is 2.58. The lowest BCUT2D eigenvalue weighted by molar-refractivity contribution is -0.142. The topological polar surface area (TPSA) is 64.1 Å². The molecule has 1 aromatic heterocycles. The van der Waals surface area contributed by atoms with Crippen molar-refractivity contribution in [2.24, 2.45) is 5.92 Å². The molecular formula is C8H8F3N3O. The molecule has 15 heavy (non-hydrogen) atoms. The lowest BCUT2D eigenvalue weighted by Crippen LogP contribution is -2.17. The van der Waals surface area contributed by atoms with Gasteiger partial charge in [0.2, 0.25) is 0 Å². The summed E-state index contributed by atoms with van der Waals surface area (Å²) in [6, 6.07) is 0. The molecule has 82 valence electrons. The molecular weight excluding hydrogens is 211 g/mol. The van der Waals surface area contributed by atoms with E-state index in [-0.39, 0.29) is 23.1 Å². The Morgan fingerprint density at radius 1 is 1.47 bits per heavy atom. The Kier molecular flexibility index (Phi) is 1.38. The van der Waals surface area contributed by atoms with Gasteiger partial charge in [0, 0.05) is 5.56 Å². The Bertz CT molecular complexity index is 439. The number of alkyl halides is 3. The zero-order valence-electron chi connectivity index (χ0n) is 7.49. The van der Waals surface area contributed by atoms with E-state index in [0.717, 1.165) is 0 Å². The van der Waals surface area contributed by atoms with E-state index in [1.54, 1.807) is 0 Å². The van der Waals surface area contributed by atoms with E-state index in [4.69, 9.17) is 5.84 Å². The molecule has 1 aromatic rings. The normalized spacial score (nSPS) is 32.7. The summed E-state index contributed by atoms with van der Waals surface area (Å²) < 4.78 is 37.7. The van der Waals surface area contributed by atoms with Gasteiger partial charge in [0.15, 0.2) is 5.69 Å². The van der Waals surface area contributed by atoms with Crippen molar-refractivity contribution in [2.45, 2.75) is 24.6 Å². The van der Waals surface area contributed by atoms with Crippen LogP contribution in [0.3, 0.4) is 0 Å². The van der Waals surface area contributed by atoms with Gasteiger partial charge in [0.1, 0.15) is 6.10 Å². The highest BCUT2D eigenvalue weighted by molar-refractivity contribution is 5.44. The van der Waals surface area contributed by atoms with Crippen LogP contribution >= 0.6 is 0 Å². The highest BCUT2D eigenvalue weighted by atomic mass is 19.4. The summed E-state index contributed by atoms with van der Waals surface area (Å²) in [6.07, 6.45) is -4.78. The van der Waals surface area contributed by atoms with Gasteiger partial charge >= 0.3 is 6.18 Å². The van der Waals surface area contributed by atoms with Crippen LogP contribution in [0.5, 0.6) is 0 Å². The molecule has 2 unspecified atom stereocenters. The van der Waals surface area contributed by atoms with Crippen LogP contribution < -0.4 is 5.84 Å². The summed E-state index contributed by atoms with van der Waals surface area (Å²) in [5.41, 5.74) is -0.713. The largest absolute Gasteiger partial charge is 0.435 e. The molecule has 0 amide bonds. The van der Waals surface area contributed by atoms with E-state index in [0.29, 0.717) is 11.2 Å². The molecule has 0 aromatic carbocycles. The number of hydrogen-bond donors (Lipinski definition) is 2. The quantitative estimate of drug-likeness (QED) is 0.633. The second-order valence-electron chi connectivity index (χ2n) is 4.04. The number of halogens is 3. The van der Waals surface area contributed by atoms with Crippen molar-refractivity contribution in [3.8, 4) is 0 Å². The van der Waals surface area contributed by atoms with Gasteiger partial charge in [-0.1, -0.05) is 0 Å².